The lowest BCUT2D eigenvalue weighted by Crippen LogP contribution is -2.06. The summed E-state index contributed by atoms with van der Waals surface area (Å²) in [7, 11) is 3.63. The molecule has 6 aromatic rings. The zero-order valence-electron chi connectivity index (χ0n) is 19.4. The quantitative estimate of drug-likeness (QED) is 0.183. The van der Waals surface area contributed by atoms with Gasteiger partial charge in [0, 0.05) is 10.3 Å². The Morgan fingerprint density at radius 1 is 0.735 bits per heavy atom. The van der Waals surface area contributed by atoms with Crippen LogP contribution in [-0.2, 0) is 6.54 Å². The van der Waals surface area contributed by atoms with Gasteiger partial charge >= 0.3 is 0 Å². The Morgan fingerprint density at radius 2 is 1.41 bits per heavy atom. The third kappa shape index (κ3) is 3.83. The van der Waals surface area contributed by atoms with Gasteiger partial charge in [0.15, 0.2) is 0 Å². The van der Waals surface area contributed by atoms with Crippen molar-refractivity contribution in [1.29, 1.82) is 0 Å². The number of hydrogen-bond acceptors (Lipinski definition) is 4. The summed E-state index contributed by atoms with van der Waals surface area (Å²) in [5.74, 6) is 0. The van der Waals surface area contributed by atoms with Gasteiger partial charge in [-0.2, -0.15) is 0 Å². The van der Waals surface area contributed by atoms with Crippen LogP contribution in [-0.4, -0.2) is 19.7 Å². The molecule has 168 valence electrons. The van der Waals surface area contributed by atoms with E-state index in [0.717, 1.165) is 16.3 Å². The first kappa shape index (κ1) is 21.5. The normalized spacial score (nSPS) is 12.3. The van der Waals surface area contributed by atoms with Crippen LogP contribution in [0.2, 0.25) is 0 Å². The molecule has 0 aliphatic heterocycles. The third-order valence-corrected chi connectivity index (χ3v) is 9.39. The van der Waals surface area contributed by atoms with Crippen LogP contribution in [0.25, 0.3) is 43.6 Å². The van der Waals surface area contributed by atoms with Gasteiger partial charge in [0.05, 0.1) is 6.54 Å². The lowest BCUT2D eigenvalue weighted by molar-refractivity contribution is 0.605. The number of benzene rings is 5. The van der Waals surface area contributed by atoms with Gasteiger partial charge in [-0.25, -0.2) is 4.68 Å². The highest BCUT2D eigenvalue weighted by atomic mass is 33.1. The Balaban J connectivity index is 1.55. The molecule has 0 saturated carbocycles. The fourth-order valence-corrected chi connectivity index (χ4v) is 6.75. The first-order chi connectivity index (χ1) is 16.5. The highest BCUT2D eigenvalue weighted by Crippen LogP contribution is 2.46. The van der Waals surface area contributed by atoms with E-state index in [1.807, 2.05) is 21.5 Å². The number of rotatable bonds is 5. The van der Waals surface area contributed by atoms with Crippen LogP contribution in [0.4, 0.5) is 0 Å². The molecule has 6 rings (SSSR count). The highest BCUT2D eigenvalue weighted by molar-refractivity contribution is 8.77. The van der Waals surface area contributed by atoms with Gasteiger partial charge in [0.2, 0.25) is 0 Å². The van der Waals surface area contributed by atoms with Crippen molar-refractivity contribution in [3.63, 3.8) is 0 Å². The van der Waals surface area contributed by atoms with Gasteiger partial charge < -0.3 is 0 Å². The van der Waals surface area contributed by atoms with Crippen molar-refractivity contribution >= 4 is 53.9 Å². The summed E-state index contributed by atoms with van der Waals surface area (Å²) < 4.78 is 2.17. The molecule has 0 aliphatic carbocycles. The Bertz CT molecular complexity index is 1600. The fraction of sp³-hybridized carbons (Fsp3) is 0.172. The second kappa shape index (κ2) is 8.33. The Labute approximate surface area is 207 Å². The van der Waals surface area contributed by atoms with E-state index in [9.17, 15) is 0 Å². The number of aromatic nitrogens is 3. The molecule has 0 fully saturated rings. The first-order valence-electron chi connectivity index (χ1n) is 11.5. The second-order valence-corrected chi connectivity index (χ2v) is 12.6. The maximum atomic E-state index is 4.74. The average molecular weight is 480 g/mol. The summed E-state index contributed by atoms with van der Waals surface area (Å²) in [6, 6.07) is 30.4. The molecule has 0 unspecified atom stereocenters. The average Bonchev–Trinajstić information content (AvgIpc) is 3.23. The van der Waals surface area contributed by atoms with Crippen molar-refractivity contribution in [2.24, 2.45) is 0 Å². The number of nitrogens with zero attached hydrogens (tertiary/aromatic N) is 3. The van der Waals surface area contributed by atoms with Crippen molar-refractivity contribution in [1.82, 2.24) is 15.0 Å². The molecular formula is C29H25N3S2. The van der Waals surface area contributed by atoms with E-state index in [-0.39, 0.29) is 4.75 Å². The summed E-state index contributed by atoms with van der Waals surface area (Å²) in [5, 5.41) is 18.2. The van der Waals surface area contributed by atoms with Crippen LogP contribution < -0.4 is 0 Å². The van der Waals surface area contributed by atoms with E-state index in [0.29, 0.717) is 6.54 Å². The molecule has 1 heterocycles. The predicted molar refractivity (Wildman–Crippen MR) is 148 cm³/mol. The molecule has 1 aromatic heterocycles. The van der Waals surface area contributed by atoms with Gasteiger partial charge in [-0.3, -0.25) is 0 Å². The minimum absolute atomic E-state index is 0.118. The molecule has 0 radical (unpaired) electrons. The smallest absolute Gasteiger partial charge is 0.133 e. The summed E-state index contributed by atoms with van der Waals surface area (Å²) in [5.41, 5.74) is 3.31. The molecule has 0 N–H and O–H groups in total. The molecule has 5 aromatic carbocycles. The molecule has 0 amide bonds. The SMILES string of the molecule is CC(C)(C)SSc1c(-c2ccc3ccc4cccc5ccc2c3c45)nnn1Cc1ccccc1. The summed E-state index contributed by atoms with van der Waals surface area (Å²) in [6.45, 7) is 7.43. The maximum absolute atomic E-state index is 4.74. The standard InChI is InChI=1S/C29H25N3S2/c1-29(2,3)34-33-28-27(30-31-32(28)18-19-8-5-4-6-9-19)24-17-15-22-13-12-20-10-7-11-21-14-16-23(24)26(22)25(20)21/h4-17H,18H2,1-3H3. The van der Waals surface area contributed by atoms with Crippen LogP contribution >= 0.6 is 21.6 Å². The largest absolute Gasteiger partial charge is 0.233 e. The van der Waals surface area contributed by atoms with Crippen molar-refractivity contribution in [3.05, 3.63) is 90.5 Å². The minimum Gasteiger partial charge on any atom is -0.233 e. The maximum Gasteiger partial charge on any atom is 0.133 e. The highest BCUT2D eigenvalue weighted by Gasteiger charge is 2.22. The Kier molecular flexibility index (Phi) is 5.27. The topological polar surface area (TPSA) is 30.7 Å². The van der Waals surface area contributed by atoms with Gasteiger partial charge in [-0.05, 0) is 48.7 Å². The molecule has 0 saturated heterocycles. The van der Waals surface area contributed by atoms with Gasteiger partial charge in [0.25, 0.3) is 0 Å². The zero-order valence-corrected chi connectivity index (χ0v) is 21.1. The summed E-state index contributed by atoms with van der Waals surface area (Å²) >= 11 is 0. The van der Waals surface area contributed by atoms with Crippen LogP contribution in [0.3, 0.4) is 0 Å². The monoisotopic (exact) mass is 479 g/mol. The van der Waals surface area contributed by atoms with Crippen molar-refractivity contribution in [2.45, 2.75) is 37.1 Å². The van der Waals surface area contributed by atoms with Crippen LogP contribution in [0, 0.1) is 0 Å². The molecular weight excluding hydrogens is 454 g/mol. The molecule has 0 spiro atoms. The molecule has 0 atom stereocenters. The van der Waals surface area contributed by atoms with E-state index in [1.165, 1.54) is 37.9 Å². The van der Waals surface area contributed by atoms with Gasteiger partial charge in [-0.15, -0.1) is 5.10 Å². The molecule has 34 heavy (non-hydrogen) atoms. The lowest BCUT2D eigenvalue weighted by Gasteiger charge is -2.18. The third-order valence-electron chi connectivity index (χ3n) is 6.02. The van der Waals surface area contributed by atoms with Gasteiger partial charge in [0.1, 0.15) is 10.7 Å². The molecule has 0 bridgehead atoms. The summed E-state index contributed by atoms with van der Waals surface area (Å²) in [4.78, 5) is 0. The van der Waals surface area contributed by atoms with E-state index < -0.39 is 0 Å². The fourth-order valence-electron chi connectivity index (χ4n) is 4.52. The van der Waals surface area contributed by atoms with Crippen molar-refractivity contribution in [2.75, 3.05) is 0 Å². The minimum atomic E-state index is 0.118. The van der Waals surface area contributed by atoms with Gasteiger partial charge in [-0.1, -0.05) is 122 Å². The predicted octanol–water partition coefficient (Wildman–Crippen LogP) is 8.43. The molecule has 3 nitrogen and oxygen atoms in total. The van der Waals surface area contributed by atoms with E-state index in [1.54, 1.807) is 10.8 Å². The Morgan fingerprint density at radius 3 is 2.15 bits per heavy atom. The number of hydrogen-bond donors (Lipinski definition) is 0. The van der Waals surface area contributed by atoms with Crippen molar-refractivity contribution in [3.8, 4) is 11.3 Å². The van der Waals surface area contributed by atoms with Crippen LogP contribution in [0.5, 0.6) is 0 Å². The van der Waals surface area contributed by atoms with Crippen LogP contribution in [0.15, 0.2) is 90.0 Å². The molecule has 5 heteroatoms. The second-order valence-electron chi connectivity index (χ2n) is 9.63. The lowest BCUT2D eigenvalue weighted by atomic mass is 9.91. The Hall–Kier alpha value is -3.02. The van der Waals surface area contributed by atoms with Crippen molar-refractivity contribution < 1.29 is 0 Å². The van der Waals surface area contributed by atoms with E-state index in [2.05, 4.69) is 105 Å². The first-order valence-corrected chi connectivity index (χ1v) is 13.6. The van der Waals surface area contributed by atoms with E-state index >= 15 is 0 Å². The summed E-state index contributed by atoms with van der Waals surface area (Å²) in [6.07, 6.45) is 0. The molecule has 0 aliphatic rings. The van der Waals surface area contributed by atoms with Crippen LogP contribution in [0.1, 0.15) is 26.3 Å². The zero-order chi connectivity index (χ0) is 23.3. The van der Waals surface area contributed by atoms with E-state index in [4.69, 9.17) is 5.10 Å².